The third-order valence-electron chi connectivity index (χ3n) is 6.67. The van der Waals surface area contributed by atoms with E-state index >= 15 is 0 Å². The standard InChI is InChI=1S/C24H36Si2/c1-15-16(2)21(24(4,5)17(15)3)20-18-13-12-14-19(18)22(25(6,7)8)23(20)26(9,10)11/h12-14H,1-11H3. The van der Waals surface area contributed by atoms with E-state index in [0.717, 1.165) is 0 Å². The Morgan fingerprint density at radius 1 is 0.769 bits per heavy atom. The van der Waals surface area contributed by atoms with E-state index < -0.39 is 16.1 Å². The summed E-state index contributed by atoms with van der Waals surface area (Å²) in [5.41, 5.74) is 11.0. The Morgan fingerprint density at radius 2 is 1.31 bits per heavy atom. The smallest absolute Gasteiger partial charge is 0.0656 e. The van der Waals surface area contributed by atoms with Gasteiger partial charge in [0.1, 0.15) is 0 Å². The van der Waals surface area contributed by atoms with Gasteiger partial charge >= 0.3 is 0 Å². The predicted octanol–water partition coefficient (Wildman–Crippen LogP) is 7.54. The van der Waals surface area contributed by atoms with Crippen LogP contribution in [0.5, 0.6) is 0 Å². The molecule has 26 heavy (non-hydrogen) atoms. The zero-order valence-electron chi connectivity index (χ0n) is 18.7. The number of rotatable bonds is 3. The Bertz CT molecular complexity index is 879. The van der Waals surface area contributed by atoms with E-state index in [9.17, 15) is 0 Å². The number of hydrogen-bond acceptors (Lipinski definition) is 0. The van der Waals surface area contributed by atoms with Crippen molar-refractivity contribution in [2.75, 3.05) is 0 Å². The molecule has 0 bridgehead atoms. The fourth-order valence-corrected chi connectivity index (χ4v) is 11.2. The molecule has 0 aromatic rings. The molecule has 0 saturated carbocycles. The summed E-state index contributed by atoms with van der Waals surface area (Å²) in [5, 5.41) is 3.50. The monoisotopic (exact) mass is 380 g/mol. The second-order valence-corrected chi connectivity index (χ2v) is 20.9. The Hall–Kier alpha value is -1.13. The van der Waals surface area contributed by atoms with Gasteiger partial charge in [-0.1, -0.05) is 87.3 Å². The van der Waals surface area contributed by atoms with Crippen LogP contribution in [0.2, 0.25) is 39.3 Å². The van der Waals surface area contributed by atoms with Crippen LogP contribution in [-0.2, 0) is 0 Å². The molecule has 0 saturated heterocycles. The normalized spacial score (nSPS) is 23.0. The highest BCUT2D eigenvalue weighted by molar-refractivity contribution is 6.92. The Morgan fingerprint density at radius 3 is 1.73 bits per heavy atom. The molecular formula is C24H36Si2. The fourth-order valence-electron chi connectivity index (χ4n) is 5.13. The van der Waals surface area contributed by atoms with Gasteiger partial charge in [0.2, 0.25) is 0 Å². The topological polar surface area (TPSA) is 0 Å². The zero-order chi connectivity index (χ0) is 19.8. The van der Waals surface area contributed by atoms with Gasteiger partial charge in [-0.05, 0) is 54.2 Å². The fraction of sp³-hybridized carbons (Fsp3) is 0.500. The summed E-state index contributed by atoms with van der Waals surface area (Å²) in [6.45, 7) is 27.1. The first kappa shape index (κ1) is 19.6. The molecule has 0 aromatic heterocycles. The van der Waals surface area contributed by atoms with Crippen LogP contribution in [0.25, 0.3) is 0 Å². The van der Waals surface area contributed by atoms with Crippen LogP contribution in [0.4, 0.5) is 0 Å². The lowest BCUT2D eigenvalue weighted by Gasteiger charge is -2.34. The molecule has 0 radical (unpaired) electrons. The minimum absolute atomic E-state index is 0.123. The maximum atomic E-state index is 2.54. The molecule has 0 N–H and O–H groups in total. The van der Waals surface area contributed by atoms with Crippen molar-refractivity contribution in [3.8, 4) is 0 Å². The molecule has 0 amide bonds. The van der Waals surface area contributed by atoms with Gasteiger partial charge in [0.05, 0.1) is 16.1 Å². The number of fused-ring (bicyclic) bond motifs is 1. The summed E-state index contributed by atoms with van der Waals surface area (Å²) < 4.78 is 0. The lowest BCUT2D eigenvalue weighted by molar-refractivity contribution is 0.555. The molecule has 0 atom stereocenters. The average molecular weight is 381 g/mol. The first-order chi connectivity index (χ1) is 11.7. The lowest BCUT2D eigenvalue weighted by Crippen LogP contribution is -2.35. The maximum absolute atomic E-state index is 2.54. The van der Waals surface area contributed by atoms with Crippen LogP contribution < -0.4 is 0 Å². The van der Waals surface area contributed by atoms with Gasteiger partial charge in [-0.25, -0.2) is 0 Å². The van der Waals surface area contributed by atoms with Crippen molar-refractivity contribution in [2.24, 2.45) is 5.41 Å². The summed E-state index contributed by atoms with van der Waals surface area (Å²) in [5.74, 6) is 0. The SMILES string of the molecule is CC1=C(C)C(C)(C)C(C2=C([Si](C)(C)C)C([Si](C)(C)C)=C3C=CC=C32)=C1C. The highest BCUT2D eigenvalue weighted by atomic mass is 28.3. The van der Waals surface area contributed by atoms with E-state index in [-0.39, 0.29) is 5.41 Å². The van der Waals surface area contributed by atoms with Gasteiger partial charge in [0, 0.05) is 5.41 Å². The third kappa shape index (κ3) is 2.60. The molecule has 0 aliphatic heterocycles. The summed E-state index contributed by atoms with van der Waals surface area (Å²) in [6.07, 6.45) is 7.05. The molecule has 0 spiro atoms. The summed E-state index contributed by atoms with van der Waals surface area (Å²) in [7, 11) is -2.95. The average Bonchev–Trinajstić information content (AvgIpc) is 3.07. The second kappa shape index (κ2) is 5.69. The molecule has 0 fully saturated rings. The van der Waals surface area contributed by atoms with Gasteiger partial charge in [0.25, 0.3) is 0 Å². The highest BCUT2D eigenvalue weighted by Gasteiger charge is 2.46. The van der Waals surface area contributed by atoms with E-state index in [0.29, 0.717) is 0 Å². The second-order valence-electron chi connectivity index (χ2n) is 10.9. The molecule has 0 aromatic carbocycles. The number of hydrogen-bond donors (Lipinski definition) is 0. The molecule has 140 valence electrons. The molecule has 2 heteroatoms. The van der Waals surface area contributed by atoms with Crippen LogP contribution in [0.3, 0.4) is 0 Å². The molecule has 3 rings (SSSR count). The van der Waals surface area contributed by atoms with Crippen molar-refractivity contribution in [3.63, 3.8) is 0 Å². The quantitative estimate of drug-likeness (QED) is 0.444. The van der Waals surface area contributed by atoms with Crippen molar-refractivity contribution >= 4 is 16.1 Å². The van der Waals surface area contributed by atoms with Crippen molar-refractivity contribution in [1.29, 1.82) is 0 Å². The molecule has 0 nitrogen and oxygen atoms in total. The van der Waals surface area contributed by atoms with E-state index in [2.05, 4.69) is 92.1 Å². The molecule has 3 aliphatic carbocycles. The van der Waals surface area contributed by atoms with Crippen LogP contribution >= 0.6 is 0 Å². The molecule has 3 aliphatic rings. The van der Waals surface area contributed by atoms with Crippen LogP contribution in [-0.4, -0.2) is 16.1 Å². The third-order valence-corrected chi connectivity index (χ3v) is 10.9. The van der Waals surface area contributed by atoms with Gasteiger partial charge in [0.15, 0.2) is 0 Å². The Labute approximate surface area is 163 Å². The number of allylic oxidation sites excluding steroid dienone is 12. The first-order valence-corrected chi connectivity index (χ1v) is 17.0. The van der Waals surface area contributed by atoms with Crippen molar-refractivity contribution in [2.45, 2.75) is 73.9 Å². The largest absolute Gasteiger partial charge is 0.0783 e. The zero-order valence-corrected chi connectivity index (χ0v) is 20.7. The van der Waals surface area contributed by atoms with Gasteiger partial charge in [-0.3, -0.25) is 0 Å². The Kier molecular flexibility index (Phi) is 4.29. The summed E-state index contributed by atoms with van der Waals surface area (Å²) >= 11 is 0. The summed E-state index contributed by atoms with van der Waals surface area (Å²) in [4.78, 5) is 0. The van der Waals surface area contributed by atoms with Crippen LogP contribution in [0, 0.1) is 5.41 Å². The first-order valence-electron chi connectivity index (χ1n) is 9.99. The Balaban J connectivity index is 2.41. The van der Waals surface area contributed by atoms with E-state index in [1.165, 1.54) is 16.7 Å². The van der Waals surface area contributed by atoms with Crippen LogP contribution in [0.1, 0.15) is 34.6 Å². The van der Waals surface area contributed by atoms with E-state index in [1.807, 2.05) is 0 Å². The lowest BCUT2D eigenvalue weighted by atomic mass is 9.76. The minimum Gasteiger partial charge on any atom is -0.0656 e. The summed E-state index contributed by atoms with van der Waals surface area (Å²) in [6, 6.07) is 0. The van der Waals surface area contributed by atoms with Crippen LogP contribution in [0.15, 0.2) is 67.6 Å². The molecule has 0 heterocycles. The van der Waals surface area contributed by atoms with Gasteiger partial charge < -0.3 is 0 Å². The van der Waals surface area contributed by atoms with E-state index in [4.69, 9.17) is 0 Å². The van der Waals surface area contributed by atoms with Crippen molar-refractivity contribution in [3.05, 3.63) is 67.6 Å². The molecular weight excluding hydrogens is 344 g/mol. The van der Waals surface area contributed by atoms with Crippen molar-refractivity contribution < 1.29 is 0 Å². The van der Waals surface area contributed by atoms with Gasteiger partial charge in [-0.15, -0.1) is 0 Å². The predicted molar refractivity (Wildman–Crippen MR) is 123 cm³/mol. The maximum Gasteiger partial charge on any atom is 0.0783 e. The van der Waals surface area contributed by atoms with E-state index in [1.54, 1.807) is 32.7 Å². The highest BCUT2D eigenvalue weighted by Crippen LogP contribution is 2.57. The van der Waals surface area contributed by atoms with Gasteiger partial charge in [-0.2, -0.15) is 0 Å². The van der Waals surface area contributed by atoms with Crippen molar-refractivity contribution in [1.82, 2.24) is 0 Å². The molecule has 0 unspecified atom stereocenters. The minimum atomic E-state index is -1.50.